The van der Waals surface area contributed by atoms with Gasteiger partial charge in [-0.25, -0.2) is 0 Å². The lowest BCUT2D eigenvalue weighted by Gasteiger charge is -2.14. The molecule has 1 saturated carbocycles. The molecule has 0 radical (unpaired) electrons. The van der Waals surface area contributed by atoms with Gasteiger partial charge in [-0.2, -0.15) is 0 Å². The van der Waals surface area contributed by atoms with Crippen LogP contribution in [0.15, 0.2) is 84.4 Å². The van der Waals surface area contributed by atoms with E-state index in [0.29, 0.717) is 6.61 Å². The fourth-order valence-electron chi connectivity index (χ4n) is 3.21. The first kappa shape index (κ1) is 16.6. The number of hydrogen-bond acceptors (Lipinski definition) is 2. The van der Waals surface area contributed by atoms with Crippen LogP contribution >= 0.6 is 0 Å². The zero-order valence-electron chi connectivity index (χ0n) is 15.0. The Balaban J connectivity index is 1.48. The minimum Gasteiger partial charge on any atom is -0.271 e. The summed E-state index contributed by atoms with van der Waals surface area (Å²) in [5, 5.41) is 0. The Morgan fingerprint density at radius 2 is 1.54 bits per heavy atom. The normalized spacial score (nSPS) is 12.7. The van der Waals surface area contributed by atoms with Crippen molar-refractivity contribution in [2.24, 2.45) is 0 Å². The Kier molecular flexibility index (Phi) is 4.85. The Bertz CT molecular complexity index is 907. The van der Waals surface area contributed by atoms with Crippen LogP contribution in [0.25, 0.3) is 16.8 Å². The van der Waals surface area contributed by atoms with E-state index in [1.54, 1.807) is 0 Å². The molecule has 2 heteroatoms. The van der Waals surface area contributed by atoms with Gasteiger partial charge < -0.3 is 0 Å². The molecule has 1 aliphatic rings. The molecule has 0 bridgehead atoms. The lowest BCUT2D eigenvalue weighted by atomic mass is 9.97. The summed E-state index contributed by atoms with van der Waals surface area (Å²) >= 11 is 0. The molecule has 0 aliphatic heterocycles. The molecule has 3 aromatic carbocycles. The van der Waals surface area contributed by atoms with E-state index in [4.69, 9.17) is 4.84 Å². The molecule has 0 atom stereocenters. The van der Waals surface area contributed by atoms with Crippen LogP contribution in [-0.4, -0.2) is 0 Å². The number of rotatable bonds is 6. The highest BCUT2D eigenvalue weighted by atomic mass is 16.6. The van der Waals surface area contributed by atoms with Crippen molar-refractivity contribution in [1.82, 2.24) is 5.48 Å². The summed E-state index contributed by atoms with van der Waals surface area (Å²) in [6, 6.07) is 27.3. The first-order valence-corrected chi connectivity index (χ1v) is 9.12. The maximum Gasteiger partial charge on any atom is 0.0999 e. The van der Waals surface area contributed by atoms with Crippen molar-refractivity contribution in [3.8, 4) is 11.1 Å². The van der Waals surface area contributed by atoms with E-state index >= 15 is 0 Å². The molecule has 0 spiro atoms. The van der Waals surface area contributed by atoms with Gasteiger partial charge >= 0.3 is 0 Å². The maximum absolute atomic E-state index is 5.90. The SMILES string of the molecule is Cc1c(CONC(=C2CC2)c2ccccc2)cccc1-c1ccccc1. The van der Waals surface area contributed by atoms with E-state index in [2.05, 4.69) is 79.1 Å². The Hall–Kier alpha value is -2.84. The molecule has 1 fully saturated rings. The van der Waals surface area contributed by atoms with Crippen LogP contribution in [0.3, 0.4) is 0 Å². The Morgan fingerprint density at radius 3 is 2.23 bits per heavy atom. The van der Waals surface area contributed by atoms with E-state index in [1.807, 2.05) is 12.1 Å². The van der Waals surface area contributed by atoms with Gasteiger partial charge in [0, 0.05) is 0 Å². The van der Waals surface area contributed by atoms with Crippen LogP contribution in [0.4, 0.5) is 0 Å². The highest BCUT2D eigenvalue weighted by molar-refractivity contribution is 5.69. The van der Waals surface area contributed by atoms with Crippen LogP contribution in [-0.2, 0) is 11.4 Å². The molecule has 0 heterocycles. The highest BCUT2D eigenvalue weighted by Gasteiger charge is 2.19. The number of hydroxylamine groups is 1. The van der Waals surface area contributed by atoms with Crippen molar-refractivity contribution in [3.63, 3.8) is 0 Å². The molecule has 4 rings (SSSR count). The zero-order valence-corrected chi connectivity index (χ0v) is 15.0. The molecule has 130 valence electrons. The van der Waals surface area contributed by atoms with Gasteiger partial charge in [-0.15, -0.1) is 0 Å². The third-order valence-corrected chi connectivity index (χ3v) is 4.85. The average molecular weight is 341 g/mol. The number of nitrogens with one attached hydrogen (secondary N) is 1. The van der Waals surface area contributed by atoms with Crippen molar-refractivity contribution >= 4 is 5.70 Å². The maximum atomic E-state index is 5.90. The average Bonchev–Trinajstić information content (AvgIpc) is 3.53. The Labute approximate surface area is 155 Å². The highest BCUT2D eigenvalue weighted by Crippen LogP contribution is 2.35. The molecule has 0 unspecified atom stereocenters. The summed E-state index contributed by atoms with van der Waals surface area (Å²) in [6.45, 7) is 2.70. The summed E-state index contributed by atoms with van der Waals surface area (Å²) in [5.74, 6) is 0. The molecular weight excluding hydrogens is 318 g/mol. The smallest absolute Gasteiger partial charge is 0.0999 e. The second-order valence-corrected chi connectivity index (χ2v) is 6.69. The summed E-state index contributed by atoms with van der Waals surface area (Å²) in [7, 11) is 0. The van der Waals surface area contributed by atoms with Crippen molar-refractivity contribution in [1.29, 1.82) is 0 Å². The number of allylic oxidation sites excluding steroid dienone is 1. The van der Waals surface area contributed by atoms with Gasteiger partial charge in [0.1, 0.15) is 0 Å². The van der Waals surface area contributed by atoms with Crippen LogP contribution in [0, 0.1) is 6.92 Å². The van der Waals surface area contributed by atoms with E-state index in [0.717, 1.165) is 18.5 Å². The molecule has 0 aromatic heterocycles. The zero-order chi connectivity index (χ0) is 17.8. The van der Waals surface area contributed by atoms with Gasteiger partial charge in [-0.05, 0) is 53.2 Å². The van der Waals surface area contributed by atoms with Gasteiger partial charge in [0.2, 0.25) is 0 Å². The van der Waals surface area contributed by atoms with Gasteiger partial charge in [-0.3, -0.25) is 10.3 Å². The predicted molar refractivity (Wildman–Crippen MR) is 107 cm³/mol. The van der Waals surface area contributed by atoms with E-state index in [1.165, 1.54) is 33.4 Å². The van der Waals surface area contributed by atoms with Crippen LogP contribution in [0.2, 0.25) is 0 Å². The molecular formula is C24H23NO. The standard InChI is InChI=1S/C24H23NO/c1-18-22(13-8-14-23(18)19-9-4-2-5-10-19)17-26-25-24(21-15-16-21)20-11-6-3-7-12-20/h2-14,25H,15-17H2,1H3. The molecule has 26 heavy (non-hydrogen) atoms. The summed E-state index contributed by atoms with van der Waals surface area (Å²) in [6.07, 6.45) is 2.31. The van der Waals surface area contributed by atoms with Gasteiger partial charge in [0.05, 0.1) is 12.3 Å². The fraction of sp³-hybridized carbons (Fsp3) is 0.167. The van der Waals surface area contributed by atoms with Gasteiger partial charge in [0.15, 0.2) is 0 Å². The predicted octanol–water partition coefficient (Wildman–Crippen LogP) is 5.89. The van der Waals surface area contributed by atoms with Crippen LogP contribution in [0.5, 0.6) is 0 Å². The van der Waals surface area contributed by atoms with E-state index < -0.39 is 0 Å². The number of benzene rings is 3. The van der Waals surface area contributed by atoms with Crippen molar-refractivity contribution in [2.45, 2.75) is 26.4 Å². The molecule has 1 N–H and O–H groups in total. The lowest BCUT2D eigenvalue weighted by molar-refractivity contribution is 0.0641. The molecule has 0 saturated heterocycles. The van der Waals surface area contributed by atoms with E-state index in [9.17, 15) is 0 Å². The van der Waals surface area contributed by atoms with Crippen molar-refractivity contribution < 1.29 is 4.84 Å². The summed E-state index contributed by atoms with van der Waals surface area (Å²) < 4.78 is 0. The third-order valence-electron chi connectivity index (χ3n) is 4.85. The number of hydrogen-bond donors (Lipinski definition) is 1. The monoisotopic (exact) mass is 341 g/mol. The molecule has 3 aromatic rings. The largest absolute Gasteiger partial charge is 0.271 e. The Morgan fingerprint density at radius 1 is 0.846 bits per heavy atom. The lowest BCUT2D eigenvalue weighted by Crippen LogP contribution is -2.14. The molecule has 0 amide bonds. The quantitative estimate of drug-likeness (QED) is 0.565. The minimum absolute atomic E-state index is 0.538. The van der Waals surface area contributed by atoms with E-state index in [-0.39, 0.29) is 0 Å². The van der Waals surface area contributed by atoms with Crippen LogP contribution in [0.1, 0.15) is 29.5 Å². The van der Waals surface area contributed by atoms with Crippen molar-refractivity contribution in [3.05, 3.63) is 101 Å². The van der Waals surface area contributed by atoms with Crippen molar-refractivity contribution in [2.75, 3.05) is 0 Å². The van der Waals surface area contributed by atoms with Crippen LogP contribution < -0.4 is 5.48 Å². The third kappa shape index (κ3) is 3.71. The van der Waals surface area contributed by atoms with Gasteiger partial charge in [-0.1, -0.05) is 78.9 Å². The topological polar surface area (TPSA) is 21.3 Å². The first-order chi connectivity index (χ1) is 12.8. The molecule has 1 aliphatic carbocycles. The first-order valence-electron chi connectivity index (χ1n) is 9.12. The molecule has 2 nitrogen and oxygen atoms in total. The minimum atomic E-state index is 0.538. The summed E-state index contributed by atoms with van der Waals surface area (Å²) in [4.78, 5) is 5.90. The summed E-state index contributed by atoms with van der Waals surface area (Å²) in [5.41, 5.74) is 11.9. The van der Waals surface area contributed by atoms with Gasteiger partial charge in [0.25, 0.3) is 0 Å². The second kappa shape index (κ2) is 7.59. The fourth-order valence-corrected chi connectivity index (χ4v) is 3.21. The second-order valence-electron chi connectivity index (χ2n) is 6.69.